The molecule has 0 spiro atoms. The molecule has 0 aliphatic rings. The Balaban J connectivity index is 1.79. The number of hydrogen-bond acceptors (Lipinski definition) is 4. The average Bonchev–Trinajstić information content (AvgIpc) is 2.68. The summed E-state index contributed by atoms with van der Waals surface area (Å²) in [7, 11) is 0. The van der Waals surface area contributed by atoms with E-state index in [-0.39, 0.29) is 5.92 Å². The fourth-order valence-electron chi connectivity index (χ4n) is 2.80. The number of hydrogen-bond donors (Lipinski definition) is 0. The van der Waals surface area contributed by atoms with E-state index in [9.17, 15) is 13.2 Å². The minimum Gasteiger partial charge on any atom is -0.439 e. The molecular weight excluding hydrogens is 409 g/mol. The molecule has 3 rings (SSSR count). The lowest BCUT2D eigenvalue weighted by atomic mass is 10.1. The van der Waals surface area contributed by atoms with Crippen LogP contribution in [0.1, 0.15) is 47.7 Å². The van der Waals surface area contributed by atoms with Gasteiger partial charge in [-0.15, -0.1) is 0 Å². The maximum Gasteiger partial charge on any atom is 0.416 e. The van der Waals surface area contributed by atoms with Crippen molar-refractivity contribution in [2.45, 2.75) is 50.7 Å². The van der Waals surface area contributed by atoms with Crippen LogP contribution in [0.25, 0.3) is 0 Å². The normalized spacial score (nSPS) is 11.7. The Morgan fingerprint density at radius 2 is 1.67 bits per heavy atom. The maximum absolute atomic E-state index is 12.7. The summed E-state index contributed by atoms with van der Waals surface area (Å²) in [4.78, 5) is 9.07. The highest BCUT2D eigenvalue weighted by atomic mass is 32.2. The van der Waals surface area contributed by atoms with Crippen molar-refractivity contribution in [1.29, 1.82) is 0 Å². The van der Waals surface area contributed by atoms with Gasteiger partial charge < -0.3 is 4.74 Å². The van der Waals surface area contributed by atoms with E-state index in [0.29, 0.717) is 16.8 Å². The molecular formula is C23H23F3N2OS. The number of thioether (sulfide) groups is 1. The van der Waals surface area contributed by atoms with Crippen molar-refractivity contribution < 1.29 is 17.9 Å². The van der Waals surface area contributed by atoms with Gasteiger partial charge in [-0.25, -0.2) is 4.98 Å². The zero-order valence-electron chi connectivity index (χ0n) is 17.2. The molecule has 1 heterocycles. The Morgan fingerprint density at radius 3 is 2.27 bits per heavy atom. The van der Waals surface area contributed by atoms with Gasteiger partial charge >= 0.3 is 6.18 Å². The molecule has 0 amide bonds. The Morgan fingerprint density at radius 1 is 0.967 bits per heavy atom. The summed E-state index contributed by atoms with van der Waals surface area (Å²) in [5.41, 5.74) is 3.12. The molecule has 7 heteroatoms. The number of ether oxygens (including phenoxy) is 1. The Bertz CT molecular complexity index is 1020. The van der Waals surface area contributed by atoms with E-state index in [0.717, 1.165) is 40.3 Å². The first-order chi connectivity index (χ1) is 14.1. The molecule has 0 aliphatic carbocycles. The summed E-state index contributed by atoms with van der Waals surface area (Å²) in [5, 5.41) is 0.529. The third kappa shape index (κ3) is 5.75. The van der Waals surface area contributed by atoms with Gasteiger partial charge in [0, 0.05) is 11.8 Å². The highest BCUT2D eigenvalue weighted by Crippen LogP contribution is 2.31. The van der Waals surface area contributed by atoms with Crippen molar-refractivity contribution in [3.8, 4) is 11.6 Å². The van der Waals surface area contributed by atoms with Gasteiger partial charge in [0.15, 0.2) is 5.16 Å². The summed E-state index contributed by atoms with van der Waals surface area (Å²) >= 11 is 1.37. The van der Waals surface area contributed by atoms with Crippen molar-refractivity contribution in [3.05, 3.63) is 76.5 Å². The smallest absolute Gasteiger partial charge is 0.416 e. The number of nitrogens with zero attached hydrogens (tertiary/aromatic N) is 2. The third-order valence-electron chi connectivity index (χ3n) is 4.49. The molecule has 3 nitrogen and oxygen atoms in total. The van der Waals surface area contributed by atoms with Crippen LogP contribution in [0.2, 0.25) is 0 Å². The molecule has 158 valence electrons. The molecule has 0 saturated heterocycles. The number of aryl methyl sites for hydroxylation is 2. The van der Waals surface area contributed by atoms with Crippen molar-refractivity contribution in [3.63, 3.8) is 0 Å². The molecule has 3 aromatic rings. The molecule has 0 fully saturated rings. The van der Waals surface area contributed by atoms with Crippen LogP contribution in [-0.4, -0.2) is 9.97 Å². The van der Waals surface area contributed by atoms with Gasteiger partial charge in [-0.1, -0.05) is 55.4 Å². The van der Waals surface area contributed by atoms with Crippen LogP contribution in [0, 0.1) is 13.8 Å². The van der Waals surface area contributed by atoms with Crippen molar-refractivity contribution in [2.75, 3.05) is 0 Å². The second-order valence-corrected chi connectivity index (χ2v) is 8.37. The maximum atomic E-state index is 12.7. The molecule has 0 saturated carbocycles. The molecule has 2 aromatic carbocycles. The number of benzene rings is 2. The number of halogens is 3. The second kappa shape index (κ2) is 9.08. The van der Waals surface area contributed by atoms with Crippen molar-refractivity contribution in [2.24, 2.45) is 0 Å². The lowest BCUT2D eigenvalue weighted by molar-refractivity contribution is -0.137. The van der Waals surface area contributed by atoms with Crippen molar-refractivity contribution >= 4 is 11.8 Å². The minimum atomic E-state index is -4.33. The van der Waals surface area contributed by atoms with E-state index >= 15 is 0 Å². The van der Waals surface area contributed by atoms with Crippen molar-refractivity contribution in [1.82, 2.24) is 9.97 Å². The van der Waals surface area contributed by atoms with E-state index in [1.165, 1.54) is 23.9 Å². The quantitative estimate of drug-likeness (QED) is 0.302. The van der Waals surface area contributed by atoms with Gasteiger partial charge in [-0.2, -0.15) is 18.2 Å². The van der Waals surface area contributed by atoms with E-state index < -0.39 is 11.7 Å². The number of rotatable bonds is 6. The van der Waals surface area contributed by atoms with Gasteiger partial charge in [0.25, 0.3) is 0 Å². The second-order valence-electron chi connectivity index (χ2n) is 7.42. The van der Waals surface area contributed by atoms with Gasteiger partial charge in [0.05, 0.1) is 11.3 Å². The highest BCUT2D eigenvalue weighted by Gasteiger charge is 2.29. The predicted octanol–water partition coefficient (Wildman–Crippen LogP) is 7.32. The third-order valence-corrected chi connectivity index (χ3v) is 5.41. The van der Waals surface area contributed by atoms with Crippen LogP contribution in [0.4, 0.5) is 13.2 Å². The van der Waals surface area contributed by atoms with Gasteiger partial charge in [-0.3, -0.25) is 0 Å². The molecule has 0 N–H and O–H groups in total. The molecule has 0 bridgehead atoms. The Hall–Kier alpha value is -2.54. The van der Waals surface area contributed by atoms with E-state index in [4.69, 9.17) is 4.74 Å². The number of aromatic nitrogens is 2. The van der Waals surface area contributed by atoms with Crippen LogP contribution in [0.3, 0.4) is 0 Å². The summed E-state index contributed by atoms with van der Waals surface area (Å²) in [6.45, 7) is 8.07. The molecule has 0 aliphatic heterocycles. The summed E-state index contributed by atoms with van der Waals surface area (Å²) < 4.78 is 44.2. The summed E-state index contributed by atoms with van der Waals surface area (Å²) in [6, 6.07) is 12.9. The highest BCUT2D eigenvalue weighted by molar-refractivity contribution is 7.98. The SMILES string of the molecule is Cc1ccc(Oc2cc(C(C)C)nc(SCc3ccc(C(F)(F)F)cc3)n2)c(C)c1. The topological polar surface area (TPSA) is 35.0 Å². The fraction of sp³-hybridized carbons (Fsp3) is 0.304. The van der Waals surface area contributed by atoms with Crippen LogP contribution < -0.4 is 4.74 Å². The van der Waals surface area contributed by atoms with E-state index in [1.807, 2.05) is 52.0 Å². The zero-order valence-corrected chi connectivity index (χ0v) is 18.1. The van der Waals surface area contributed by atoms with Gasteiger partial charge in [0.1, 0.15) is 5.75 Å². The monoisotopic (exact) mass is 432 g/mol. The minimum absolute atomic E-state index is 0.180. The first kappa shape index (κ1) is 22.2. The van der Waals surface area contributed by atoms with Crippen LogP contribution in [0.15, 0.2) is 53.7 Å². The standard InChI is InChI=1S/C23H23F3N2OS/c1-14(2)19-12-21(29-20-10-5-15(3)11-16(20)4)28-22(27-19)30-13-17-6-8-18(9-7-17)23(24,25)26/h5-12,14H,13H2,1-4H3. The fourth-order valence-corrected chi connectivity index (χ4v) is 3.61. The Labute approximate surface area is 178 Å². The first-order valence-electron chi connectivity index (χ1n) is 9.55. The summed E-state index contributed by atoms with van der Waals surface area (Å²) in [5.74, 6) is 1.83. The molecule has 0 radical (unpaired) electrons. The largest absolute Gasteiger partial charge is 0.439 e. The molecule has 0 atom stereocenters. The average molecular weight is 433 g/mol. The zero-order chi connectivity index (χ0) is 21.9. The molecule has 1 aromatic heterocycles. The number of alkyl halides is 3. The van der Waals surface area contributed by atoms with E-state index in [1.54, 1.807) is 0 Å². The predicted molar refractivity (Wildman–Crippen MR) is 113 cm³/mol. The van der Waals surface area contributed by atoms with Gasteiger partial charge in [0.2, 0.25) is 5.88 Å². The lowest BCUT2D eigenvalue weighted by Crippen LogP contribution is -2.04. The molecule has 30 heavy (non-hydrogen) atoms. The van der Waals surface area contributed by atoms with Crippen LogP contribution in [0.5, 0.6) is 11.6 Å². The van der Waals surface area contributed by atoms with Crippen LogP contribution in [-0.2, 0) is 11.9 Å². The molecule has 0 unspecified atom stereocenters. The lowest BCUT2D eigenvalue weighted by Gasteiger charge is -2.13. The van der Waals surface area contributed by atoms with Crippen LogP contribution >= 0.6 is 11.8 Å². The summed E-state index contributed by atoms with van der Waals surface area (Å²) in [6.07, 6.45) is -4.33. The van der Waals surface area contributed by atoms with E-state index in [2.05, 4.69) is 9.97 Å². The first-order valence-corrected chi connectivity index (χ1v) is 10.5. The van der Waals surface area contributed by atoms with Gasteiger partial charge in [-0.05, 0) is 49.1 Å². The Kier molecular flexibility index (Phi) is 6.71.